The quantitative estimate of drug-likeness (QED) is 0.865. The summed E-state index contributed by atoms with van der Waals surface area (Å²) in [7, 11) is 0. The molecule has 5 nitrogen and oxygen atoms in total. The van der Waals surface area contributed by atoms with Gasteiger partial charge in [0.2, 0.25) is 0 Å². The van der Waals surface area contributed by atoms with E-state index in [4.69, 9.17) is 17.3 Å². The maximum Gasteiger partial charge on any atom is 0.173 e. The Labute approximate surface area is 96.0 Å². The molecule has 16 heavy (non-hydrogen) atoms. The molecule has 0 saturated heterocycles. The number of hydrogen-bond donors (Lipinski definition) is 1. The van der Waals surface area contributed by atoms with Crippen LogP contribution in [-0.2, 0) is 0 Å². The molecule has 0 bridgehead atoms. The first-order valence-electron chi connectivity index (χ1n) is 4.59. The van der Waals surface area contributed by atoms with Gasteiger partial charge in [-0.2, -0.15) is 4.68 Å². The molecule has 2 aromatic rings. The first-order chi connectivity index (χ1) is 7.59. The molecule has 0 saturated carbocycles. The molecule has 0 radical (unpaired) electrons. The lowest BCUT2D eigenvalue weighted by Gasteiger charge is -2.08. The lowest BCUT2D eigenvalue weighted by molar-refractivity contribution is 0.621. The summed E-state index contributed by atoms with van der Waals surface area (Å²) in [4.78, 5) is 0. The Morgan fingerprint density at radius 3 is 2.94 bits per heavy atom. The number of halogens is 2. The SMILES string of the molecule is CC(N)c1nnnn1-c1cc(F)ccc1Cl. The smallest absolute Gasteiger partial charge is 0.173 e. The Bertz CT molecular complexity index is 510. The molecule has 1 atom stereocenters. The molecule has 7 heteroatoms. The Hall–Kier alpha value is -1.53. The maximum absolute atomic E-state index is 13.1. The van der Waals surface area contributed by atoms with Gasteiger partial charge in [0.15, 0.2) is 5.82 Å². The van der Waals surface area contributed by atoms with Gasteiger partial charge in [-0.1, -0.05) is 11.6 Å². The lowest BCUT2D eigenvalue weighted by atomic mass is 10.3. The number of benzene rings is 1. The van der Waals surface area contributed by atoms with Crippen molar-refractivity contribution in [2.45, 2.75) is 13.0 Å². The molecule has 84 valence electrons. The summed E-state index contributed by atoms with van der Waals surface area (Å²) in [6, 6.07) is 3.60. The van der Waals surface area contributed by atoms with E-state index in [2.05, 4.69) is 15.5 Å². The van der Waals surface area contributed by atoms with Crippen molar-refractivity contribution in [3.63, 3.8) is 0 Å². The van der Waals surface area contributed by atoms with Crippen LogP contribution in [0.3, 0.4) is 0 Å². The first kappa shape index (κ1) is 11.0. The average Bonchev–Trinajstić information content (AvgIpc) is 2.70. The molecular weight excluding hydrogens is 233 g/mol. The summed E-state index contributed by atoms with van der Waals surface area (Å²) < 4.78 is 14.4. The van der Waals surface area contributed by atoms with Crippen LogP contribution in [0.15, 0.2) is 18.2 Å². The van der Waals surface area contributed by atoms with Crippen LogP contribution in [0.1, 0.15) is 18.8 Å². The van der Waals surface area contributed by atoms with Crippen molar-refractivity contribution in [3.05, 3.63) is 34.9 Å². The average molecular weight is 242 g/mol. The molecule has 0 amide bonds. The van der Waals surface area contributed by atoms with E-state index >= 15 is 0 Å². The second-order valence-corrected chi connectivity index (χ2v) is 3.74. The highest BCUT2D eigenvalue weighted by Gasteiger charge is 2.14. The third-order valence-corrected chi connectivity index (χ3v) is 2.36. The monoisotopic (exact) mass is 241 g/mol. The van der Waals surface area contributed by atoms with Crippen LogP contribution < -0.4 is 5.73 Å². The van der Waals surface area contributed by atoms with Crippen LogP contribution in [0.25, 0.3) is 5.69 Å². The van der Waals surface area contributed by atoms with E-state index in [9.17, 15) is 4.39 Å². The van der Waals surface area contributed by atoms with Crippen LogP contribution in [0, 0.1) is 5.82 Å². The van der Waals surface area contributed by atoms with Crippen LogP contribution in [-0.4, -0.2) is 20.2 Å². The van der Waals surface area contributed by atoms with Gasteiger partial charge in [-0.15, -0.1) is 5.10 Å². The normalized spacial score (nSPS) is 12.8. The van der Waals surface area contributed by atoms with Crippen LogP contribution in [0.5, 0.6) is 0 Å². The van der Waals surface area contributed by atoms with E-state index in [0.29, 0.717) is 16.5 Å². The Morgan fingerprint density at radius 1 is 1.50 bits per heavy atom. The standard InChI is InChI=1S/C9H9ClFN5/c1-5(12)9-13-14-15-16(9)8-4-6(11)2-3-7(8)10/h2-5H,12H2,1H3. The molecule has 0 aliphatic heterocycles. The predicted octanol–water partition coefficient (Wildman–Crippen LogP) is 1.47. The number of nitrogens with zero attached hydrogens (tertiary/aromatic N) is 4. The topological polar surface area (TPSA) is 69.6 Å². The van der Waals surface area contributed by atoms with Gasteiger partial charge in [0.1, 0.15) is 5.82 Å². The fraction of sp³-hybridized carbons (Fsp3) is 0.222. The summed E-state index contributed by atoms with van der Waals surface area (Å²) in [6.07, 6.45) is 0. The summed E-state index contributed by atoms with van der Waals surface area (Å²) in [5.41, 5.74) is 6.06. The Kier molecular flexibility index (Phi) is 2.84. The zero-order valence-electron chi connectivity index (χ0n) is 8.43. The van der Waals surface area contributed by atoms with Gasteiger partial charge < -0.3 is 5.73 Å². The molecule has 0 fully saturated rings. The number of hydrogen-bond acceptors (Lipinski definition) is 4. The molecule has 0 aliphatic rings. The van der Waals surface area contributed by atoms with Crippen molar-refractivity contribution in [2.75, 3.05) is 0 Å². The fourth-order valence-electron chi connectivity index (χ4n) is 1.30. The van der Waals surface area contributed by atoms with Gasteiger partial charge in [-0.05, 0) is 29.5 Å². The number of rotatable bonds is 2. The molecule has 1 unspecified atom stereocenters. The van der Waals surface area contributed by atoms with Crippen molar-refractivity contribution < 1.29 is 4.39 Å². The van der Waals surface area contributed by atoms with E-state index in [1.165, 1.54) is 22.9 Å². The minimum atomic E-state index is -0.412. The van der Waals surface area contributed by atoms with Gasteiger partial charge in [0.25, 0.3) is 0 Å². The molecular formula is C9H9ClFN5. The number of tetrazole rings is 1. The highest BCUT2D eigenvalue weighted by atomic mass is 35.5. The van der Waals surface area contributed by atoms with E-state index in [1.807, 2.05) is 0 Å². The first-order valence-corrected chi connectivity index (χ1v) is 4.96. The van der Waals surface area contributed by atoms with E-state index in [1.54, 1.807) is 6.92 Å². The second kappa shape index (κ2) is 4.15. The zero-order chi connectivity index (χ0) is 11.7. The van der Waals surface area contributed by atoms with Crippen molar-refractivity contribution in [3.8, 4) is 5.69 Å². The van der Waals surface area contributed by atoms with Gasteiger partial charge >= 0.3 is 0 Å². The Morgan fingerprint density at radius 2 is 2.25 bits per heavy atom. The van der Waals surface area contributed by atoms with Crippen molar-refractivity contribution in [1.82, 2.24) is 20.2 Å². The number of nitrogens with two attached hydrogens (primary N) is 1. The van der Waals surface area contributed by atoms with Crippen molar-refractivity contribution in [1.29, 1.82) is 0 Å². The largest absolute Gasteiger partial charge is 0.321 e. The van der Waals surface area contributed by atoms with Gasteiger partial charge in [0.05, 0.1) is 16.8 Å². The zero-order valence-corrected chi connectivity index (χ0v) is 9.19. The molecule has 0 aliphatic carbocycles. The van der Waals surface area contributed by atoms with E-state index in [0.717, 1.165) is 0 Å². The van der Waals surface area contributed by atoms with Gasteiger partial charge in [-0.25, -0.2) is 4.39 Å². The summed E-state index contributed by atoms with van der Waals surface area (Å²) in [5.74, 6) is 0.0121. The van der Waals surface area contributed by atoms with Crippen LogP contribution in [0.2, 0.25) is 5.02 Å². The summed E-state index contributed by atoms with van der Waals surface area (Å²) in [5, 5.41) is 11.3. The minimum Gasteiger partial charge on any atom is -0.321 e. The number of aromatic nitrogens is 4. The molecule has 2 rings (SSSR count). The van der Waals surface area contributed by atoms with Crippen LogP contribution >= 0.6 is 11.6 Å². The van der Waals surface area contributed by atoms with Gasteiger partial charge in [-0.3, -0.25) is 0 Å². The predicted molar refractivity (Wildman–Crippen MR) is 56.7 cm³/mol. The maximum atomic E-state index is 13.1. The molecule has 1 aromatic heterocycles. The summed E-state index contributed by atoms with van der Waals surface area (Å²) >= 11 is 5.94. The second-order valence-electron chi connectivity index (χ2n) is 3.33. The van der Waals surface area contributed by atoms with Crippen molar-refractivity contribution in [2.24, 2.45) is 5.73 Å². The highest BCUT2D eigenvalue weighted by molar-refractivity contribution is 6.32. The van der Waals surface area contributed by atoms with Gasteiger partial charge in [0, 0.05) is 6.07 Å². The molecule has 1 heterocycles. The molecule has 2 N–H and O–H groups in total. The third kappa shape index (κ3) is 1.89. The van der Waals surface area contributed by atoms with Crippen molar-refractivity contribution >= 4 is 11.6 Å². The molecule has 1 aromatic carbocycles. The van der Waals surface area contributed by atoms with E-state index in [-0.39, 0.29) is 6.04 Å². The third-order valence-electron chi connectivity index (χ3n) is 2.04. The Balaban J connectivity index is 2.58. The van der Waals surface area contributed by atoms with Crippen LogP contribution in [0.4, 0.5) is 4.39 Å². The fourth-order valence-corrected chi connectivity index (χ4v) is 1.50. The molecule has 0 spiro atoms. The highest BCUT2D eigenvalue weighted by Crippen LogP contribution is 2.22. The van der Waals surface area contributed by atoms with E-state index < -0.39 is 5.82 Å². The summed E-state index contributed by atoms with van der Waals surface area (Å²) in [6.45, 7) is 1.73. The lowest BCUT2D eigenvalue weighted by Crippen LogP contribution is -2.13. The minimum absolute atomic E-state index is 0.357.